The standard InChI is InChI=1S/C24H32N2O2/c1-19(2)28-23-14-7-5-11-21(23)18-25(3)24(27)15-9-17-26-16-8-12-20-10-4-6-13-22(20)26/h4-7,10-11,13-14,19H,8-9,12,15-18H2,1-3H3. The molecular formula is C24H32N2O2. The van der Waals surface area contributed by atoms with E-state index in [0.29, 0.717) is 13.0 Å². The summed E-state index contributed by atoms with van der Waals surface area (Å²) in [7, 11) is 1.88. The van der Waals surface area contributed by atoms with E-state index in [9.17, 15) is 4.79 Å². The highest BCUT2D eigenvalue weighted by Crippen LogP contribution is 2.27. The van der Waals surface area contributed by atoms with Crippen LogP contribution in [-0.4, -0.2) is 37.0 Å². The van der Waals surface area contributed by atoms with Crippen LogP contribution < -0.4 is 9.64 Å². The second-order valence-electron chi connectivity index (χ2n) is 7.85. The van der Waals surface area contributed by atoms with Crippen LogP contribution in [-0.2, 0) is 17.8 Å². The van der Waals surface area contributed by atoms with Crippen LogP contribution in [0.15, 0.2) is 48.5 Å². The molecule has 2 aromatic rings. The summed E-state index contributed by atoms with van der Waals surface area (Å²) in [6.45, 7) is 6.63. The Morgan fingerprint density at radius 1 is 1.14 bits per heavy atom. The third-order valence-electron chi connectivity index (χ3n) is 5.19. The fraction of sp³-hybridized carbons (Fsp3) is 0.458. The van der Waals surface area contributed by atoms with Crippen LogP contribution >= 0.6 is 0 Å². The molecule has 0 fully saturated rings. The topological polar surface area (TPSA) is 32.8 Å². The Hall–Kier alpha value is -2.49. The van der Waals surface area contributed by atoms with Crippen molar-refractivity contribution in [3.8, 4) is 5.75 Å². The molecule has 1 amide bonds. The van der Waals surface area contributed by atoms with E-state index in [0.717, 1.165) is 37.2 Å². The molecule has 2 aromatic carbocycles. The van der Waals surface area contributed by atoms with Gasteiger partial charge in [-0.1, -0.05) is 36.4 Å². The minimum absolute atomic E-state index is 0.120. The largest absolute Gasteiger partial charge is 0.491 e. The summed E-state index contributed by atoms with van der Waals surface area (Å²) in [5.74, 6) is 1.05. The fourth-order valence-electron chi connectivity index (χ4n) is 3.80. The fourth-order valence-corrected chi connectivity index (χ4v) is 3.80. The molecule has 28 heavy (non-hydrogen) atoms. The third kappa shape index (κ3) is 5.28. The number of para-hydroxylation sites is 2. The van der Waals surface area contributed by atoms with Crippen LogP contribution in [0, 0.1) is 0 Å². The van der Waals surface area contributed by atoms with Crippen molar-refractivity contribution in [2.24, 2.45) is 0 Å². The Balaban J connectivity index is 1.51. The molecule has 0 aliphatic carbocycles. The molecule has 0 saturated carbocycles. The molecule has 0 N–H and O–H groups in total. The maximum Gasteiger partial charge on any atom is 0.222 e. The van der Waals surface area contributed by atoms with Crippen molar-refractivity contribution >= 4 is 11.6 Å². The molecule has 4 heteroatoms. The van der Waals surface area contributed by atoms with Gasteiger partial charge in [-0.25, -0.2) is 0 Å². The minimum Gasteiger partial charge on any atom is -0.491 e. The number of ether oxygens (including phenoxy) is 1. The Morgan fingerprint density at radius 3 is 2.71 bits per heavy atom. The van der Waals surface area contributed by atoms with Crippen LogP contribution in [0.3, 0.4) is 0 Å². The molecule has 0 saturated heterocycles. The van der Waals surface area contributed by atoms with E-state index >= 15 is 0 Å². The van der Waals surface area contributed by atoms with E-state index in [4.69, 9.17) is 4.74 Å². The monoisotopic (exact) mass is 380 g/mol. The number of carbonyl (C=O) groups excluding carboxylic acids is 1. The lowest BCUT2D eigenvalue weighted by atomic mass is 10.0. The first-order valence-electron chi connectivity index (χ1n) is 10.4. The van der Waals surface area contributed by atoms with Crippen LogP contribution in [0.5, 0.6) is 5.75 Å². The van der Waals surface area contributed by atoms with Crippen molar-refractivity contribution in [2.45, 2.75) is 52.2 Å². The van der Waals surface area contributed by atoms with Crippen molar-refractivity contribution in [2.75, 3.05) is 25.0 Å². The number of benzene rings is 2. The van der Waals surface area contributed by atoms with Crippen LogP contribution in [0.4, 0.5) is 5.69 Å². The van der Waals surface area contributed by atoms with Crippen molar-refractivity contribution in [3.05, 3.63) is 59.7 Å². The van der Waals surface area contributed by atoms with Crippen molar-refractivity contribution in [1.82, 2.24) is 4.90 Å². The van der Waals surface area contributed by atoms with Gasteiger partial charge in [0.15, 0.2) is 0 Å². The first-order valence-corrected chi connectivity index (χ1v) is 10.4. The summed E-state index contributed by atoms with van der Waals surface area (Å²) >= 11 is 0. The lowest BCUT2D eigenvalue weighted by molar-refractivity contribution is -0.130. The minimum atomic E-state index is 0.120. The van der Waals surface area contributed by atoms with Gasteiger partial charge in [-0.05, 0) is 50.8 Å². The summed E-state index contributed by atoms with van der Waals surface area (Å²) in [5.41, 5.74) is 3.82. The average molecular weight is 381 g/mol. The molecule has 3 rings (SSSR count). The number of carbonyl (C=O) groups is 1. The van der Waals surface area contributed by atoms with Gasteiger partial charge in [-0.2, -0.15) is 0 Å². The molecule has 0 unspecified atom stereocenters. The molecule has 4 nitrogen and oxygen atoms in total. The van der Waals surface area contributed by atoms with Gasteiger partial charge in [0.05, 0.1) is 6.10 Å². The highest BCUT2D eigenvalue weighted by atomic mass is 16.5. The third-order valence-corrected chi connectivity index (χ3v) is 5.19. The zero-order chi connectivity index (χ0) is 19.9. The quantitative estimate of drug-likeness (QED) is 0.667. The second-order valence-corrected chi connectivity index (χ2v) is 7.85. The molecule has 0 aromatic heterocycles. The van der Waals surface area contributed by atoms with E-state index in [1.54, 1.807) is 0 Å². The highest BCUT2D eigenvalue weighted by Gasteiger charge is 2.17. The number of rotatable bonds is 8. The van der Waals surface area contributed by atoms with Gasteiger partial charge >= 0.3 is 0 Å². The van der Waals surface area contributed by atoms with Gasteiger partial charge in [0.1, 0.15) is 5.75 Å². The van der Waals surface area contributed by atoms with Crippen LogP contribution in [0.1, 0.15) is 44.2 Å². The Bertz CT molecular complexity index is 788. The predicted octanol–water partition coefficient (Wildman–Crippen LogP) is 4.67. The van der Waals surface area contributed by atoms with Gasteiger partial charge in [-0.15, -0.1) is 0 Å². The summed E-state index contributed by atoms with van der Waals surface area (Å²) in [6.07, 6.45) is 3.92. The highest BCUT2D eigenvalue weighted by molar-refractivity contribution is 5.76. The number of hydrogen-bond donors (Lipinski definition) is 0. The predicted molar refractivity (Wildman–Crippen MR) is 115 cm³/mol. The first-order chi connectivity index (χ1) is 13.5. The van der Waals surface area contributed by atoms with E-state index in [1.807, 2.05) is 50.1 Å². The number of aryl methyl sites for hydroxylation is 1. The van der Waals surface area contributed by atoms with Crippen LogP contribution in [0.25, 0.3) is 0 Å². The normalized spacial score (nSPS) is 13.4. The smallest absolute Gasteiger partial charge is 0.222 e. The molecule has 0 atom stereocenters. The summed E-state index contributed by atoms with van der Waals surface area (Å²) in [6, 6.07) is 16.6. The molecule has 0 spiro atoms. The molecule has 0 bridgehead atoms. The zero-order valence-corrected chi connectivity index (χ0v) is 17.4. The maximum atomic E-state index is 12.6. The van der Waals surface area contributed by atoms with Gasteiger partial charge < -0.3 is 14.5 Å². The van der Waals surface area contributed by atoms with Gasteiger partial charge in [-0.3, -0.25) is 4.79 Å². The van der Waals surface area contributed by atoms with E-state index in [-0.39, 0.29) is 12.0 Å². The average Bonchev–Trinajstić information content (AvgIpc) is 2.69. The maximum absolute atomic E-state index is 12.6. The van der Waals surface area contributed by atoms with Crippen molar-refractivity contribution < 1.29 is 9.53 Å². The Kier molecular flexibility index (Phi) is 6.96. The molecule has 1 heterocycles. The van der Waals surface area contributed by atoms with E-state index < -0.39 is 0 Å². The SMILES string of the molecule is CC(C)Oc1ccccc1CN(C)C(=O)CCCN1CCCc2ccccc21. The molecule has 1 aliphatic rings. The second kappa shape index (κ2) is 9.63. The Labute approximate surface area is 169 Å². The molecule has 0 radical (unpaired) electrons. The van der Waals surface area contributed by atoms with Gasteiger partial charge in [0, 0.05) is 44.4 Å². The van der Waals surface area contributed by atoms with Gasteiger partial charge in [0.25, 0.3) is 0 Å². The van der Waals surface area contributed by atoms with Gasteiger partial charge in [0.2, 0.25) is 5.91 Å². The van der Waals surface area contributed by atoms with Crippen molar-refractivity contribution in [3.63, 3.8) is 0 Å². The zero-order valence-electron chi connectivity index (χ0n) is 17.4. The first kappa shape index (κ1) is 20.2. The summed E-state index contributed by atoms with van der Waals surface area (Å²) in [5, 5.41) is 0. The van der Waals surface area contributed by atoms with Crippen molar-refractivity contribution in [1.29, 1.82) is 0 Å². The van der Waals surface area contributed by atoms with E-state index in [2.05, 4.69) is 29.2 Å². The lowest BCUT2D eigenvalue weighted by Gasteiger charge is -2.31. The van der Waals surface area contributed by atoms with E-state index in [1.165, 1.54) is 17.7 Å². The molecule has 150 valence electrons. The number of fused-ring (bicyclic) bond motifs is 1. The van der Waals surface area contributed by atoms with Crippen LogP contribution in [0.2, 0.25) is 0 Å². The molecule has 1 aliphatic heterocycles. The lowest BCUT2D eigenvalue weighted by Crippen LogP contribution is -2.32. The number of anilines is 1. The number of amides is 1. The summed E-state index contributed by atoms with van der Waals surface area (Å²) in [4.78, 5) is 16.9. The molecular weight excluding hydrogens is 348 g/mol. The number of nitrogens with zero attached hydrogens (tertiary/aromatic N) is 2. The number of hydrogen-bond acceptors (Lipinski definition) is 3. The Morgan fingerprint density at radius 2 is 1.89 bits per heavy atom. The summed E-state index contributed by atoms with van der Waals surface area (Å²) < 4.78 is 5.88.